The molecule has 3 heterocycles. The topological polar surface area (TPSA) is 86.4 Å². The van der Waals surface area contributed by atoms with E-state index in [4.69, 9.17) is 19.3 Å². The lowest BCUT2D eigenvalue weighted by molar-refractivity contribution is -0.118. The van der Waals surface area contributed by atoms with Crippen molar-refractivity contribution in [2.45, 2.75) is 6.92 Å². The second-order valence-electron chi connectivity index (χ2n) is 7.03. The smallest absolute Gasteiger partial charge is 0.262 e. The van der Waals surface area contributed by atoms with Crippen molar-refractivity contribution in [2.24, 2.45) is 10.1 Å². The third-order valence-electron chi connectivity index (χ3n) is 4.99. The van der Waals surface area contributed by atoms with E-state index in [1.807, 2.05) is 53.4 Å². The zero-order valence-electron chi connectivity index (χ0n) is 17.0. The first kappa shape index (κ1) is 19.4. The molecule has 1 aromatic heterocycles. The van der Waals surface area contributed by atoms with Crippen molar-refractivity contribution in [2.75, 3.05) is 32.2 Å². The Bertz CT molecular complexity index is 1270. The molecule has 0 bridgehead atoms. The molecule has 2 aromatic carbocycles. The van der Waals surface area contributed by atoms with Crippen molar-refractivity contribution in [3.05, 3.63) is 52.1 Å². The molecule has 5 rings (SSSR count). The molecule has 31 heavy (non-hydrogen) atoms. The number of nitrogens with one attached hydrogen (secondary N) is 1. The second kappa shape index (κ2) is 7.92. The molecule has 158 valence electrons. The van der Waals surface area contributed by atoms with Crippen LogP contribution in [0.2, 0.25) is 0 Å². The molecule has 0 radical (unpaired) electrons. The number of aromatic nitrogens is 1. The van der Waals surface area contributed by atoms with Crippen LogP contribution < -0.4 is 24.3 Å². The quantitative estimate of drug-likeness (QED) is 0.639. The molecule has 0 atom stereocenters. The summed E-state index contributed by atoms with van der Waals surface area (Å²) in [7, 11) is 1.74. The predicted molar refractivity (Wildman–Crippen MR) is 118 cm³/mol. The van der Waals surface area contributed by atoms with Gasteiger partial charge in [-0.3, -0.25) is 9.79 Å². The van der Waals surface area contributed by atoms with Gasteiger partial charge in [0.15, 0.2) is 18.1 Å². The number of hydrogen-bond acceptors (Lipinski definition) is 7. The van der Waals surface area contributed by atoms with Crippen molar-refractivity contribution < 1.29 is 19.0 Å². The molecule has 8 nitrogen and oxygen atoms in total. The average Bonchev–Trinajstić information content (AvgIpc) is 3.20. The van der Waals surface area contributed by atoms with Crippen LogP contribution in [-0.2, 0) is 4.79 Å². The number of hydrogen-bond donors (Lipinski definition) is 1. The Kier molecular flexibility index (Phi) is 4.95. The van der Waals surface area contributed by atoms with Crippen LogP contribution in [0.3, 0.4) is 0 Å². The van der Waals surface area contributed by atoms with Gasteiger partial charge in [-0.15, -0.1) is 11.3 Å². The predicted octanol–water partition coefficient (Wildman–Crippen LogP) is 3.12. The Labute approximate surface area is 182 Å². The number of rotatable bonds is 3. The highest BCUT2D eigenvalue weighted by atomic mass is 32.1. The Morgan fingerprint density at radius 1 is 1.06 bits per heavy atom. The molecule has 2 aliphatic rings. The number of benzene rings is 2. The number of amides is 1. The van der Waals surface area contributed by atoms with Crippen LogP contribution in [0.4, 0.5) is 5.69 Å². The van der Waals surface area contributed by atoms with Gasteiger partial charge < -0.3 is 19.5 Å². The maximum absolute atomic E-state index is 11.7. The van der Waals surface area contributed by atoms with Crippen molar-refractivity contribution in [3.63, 3.8) is 0 Å². The third kappa shape index (κ3) is 3.68. The molecular weight excluding hydrogens is 416 g/mol. The van der Waals surface area contributed by atoms with Gasteiger partial charge in [-0.25, -0.2) is 4.68 Å². The highest BCUT2D eigenvalue weighted by Crippen LogP contribution is 2.33. The first-order chi connectivity index (χ1) is 15.1. The fourth-order valence-electron chi connectivity index (χ4n) is 3.46. The zero-order valence-corrected chi connectivity index (χ0v) is 17.9. The van der Waals surface area contributed by atoms with Gasteiger partial charge in [0.2, 0.25) is 4.80 Å². The summed E-state index contributed by atoms with van der Waals surface area (Å²) < 4.78 is 18.6. The van der Waals surface area contributed by atoms with Crippen LogP contribution in [0, 0.1) is 0 Å². The minimum absolute atomic E-state index is 0.0304. The van der Waals surface area contributed by atoms with Gasteiger partial charge in [0.25, 0.3) is 5.91 Å². The molecular formula is C22H20N4O4S. The molecule has 0 saturated carbocycles. The van der Waals surface area contributed by atoms with Crippen LogP contribution >= 0.6 is 11.3 Å². The Hall–Kier alpha value is -3.59. The number of fused-ring (bicyclic) bond motifs is 2. The SMILES string of the molecule is CN=c1scc(-c2ccc3c(c2)NC(=O)CO3)n1N=C(C)c1ccc2c(c1)OCCO2. The Morgan fingerprint density at radius 2 is 1.87 bits per heavy atom. The lowest BCUT2D eigenvalue weighted by Crippen LogP contribution is -2.25. The van der Waals surface area contributed by atoms with E-state index in [1.54, 1.807) is 7.05 Å². The Balaban J connectivity index is 1.56. The number of carbonyl (C=O) groups excluding carboxylic acids is 1. The van der Waals surface area contributed by atoms with Crippen molar-refractivity contribution in [3.8, 4) is 28.5 Å². The largest absolute Gasteiger partial charge is 0.486 e. The maximum atomic E-state index is 11.7. The summed E-state index contributed by atoms with van der Waals surface area (Å²) >= 11 is 1.49. The van der Waals surface area contributed by atoms with E-state index >= 15 is 0 Å². The van der Waals surface area contributed by atoms with E-state index < -0.39 is 0 Å². The highest BCUT2D eigenvalue weighted by Gasteiger charge is 2.18. The number of thiazole rings is 1. The van der Waals surface area contributed by atoms with E-state index in [-0.39, 0.29) is 12.5 Å². The van der Waals surface area contributed by atoms with Gasteiger partial charge in [-0.1, -0.05) is 0 Å². The molecule has 0 unspecified atom stereocenters. The fourth-order valence-corrected chi connectivity index (χ4v) is 4.26. The second-order valence-corrected chi connectivity index (χ2v) is 7.87. The standard InChI is InChI=1S/C22H20N4O4S/c1-13(14-3-6-19-20(10-14)29-8-7-28-19)25-26-17(12-31-22(26)23-2)15-4-5-18-16(9-15)24-21(27)11-30-18/h3-6,9-10,12H,7-8,11H2,1-2H3,(H,24,27). The highest BCUT2D eigenvalue weighted by molar-refractivity contribution is 7.07. The monoisotopic (exact) mass is 436 g/mol. The van der Waals surface area contributed by atoms with Gasteiger partial charge in [0.1, 0.15) is 19.0 Å². The molecule has 0 fully saturated rings. The van der Waals surface area contributed by atoms with Gasteiger partial charge >= 0.3 is 0 Å². The van der Waals surface area contributed by atoms with E-state index in [0.29, 0.717) is 24.7 Å². The first-order valence-electron chi connectivity index (χ1n) is 9.78. The van der Waals surface area contributed by atoms with Crippen LogP contribution in [-0.4, -0.2) is 43.2 Å². The van der Waals surface area contributed by atoms with Crippen LogP contribution in [0.25, 0.3) is 11.3 Å². The van der Waals surface area contributed by atoms with Crippen LogP contribution in [0.15, 0.2) is 51.9 Å². The summed E-state index contributed by atoms with van der Waals surface area (Å²) in [6.07, 6.45) is 0. The van der Waals surface area contributed by atoms with Crippen LogP contribution in [0.5, 0.6) is 17.2 Å². The van der Waals surface area contributed by atoms with Gasteiger partial charge in [0.05, 0.1) is 17.1 Å². The minimum Gasteiger partial charge on any atom is -0.486 e. The van der Waals surface area contributed by atoms with E-state index in [1.165, 1.54) is 11.3 Å². The van der Waals surface area contributed by atoms with E-state index in [2.05, 4.69) is 10.3 Å². The van der Waals surface area contributed by atoms with Crippen molar-refractivity contribution in [1.29, 1.82) is 0 Å². The lowest BCUT2D eigenvalue weighted by atomic mass is 10.1. The van der Waals surface area contributed by atoms with Gasteiger partial charge in [0, 0.05) is 23.6 Å². The Morgan fingerprint density at radius 3 is 2.71 bits per heavy atom. The summed E-state index contributed by atoms with van der Waals surface area (Å²) in [5, 5.41) is 9.69. The number of nitrogens with zero attached hydrogens (tertiary/aromatic N) is 3. The molecule has 9 heteroatoms. The number of ether oxygens (including phenoxy) is 3. The average molecular weight is 436 g/mol. The molecule has 3 aromatic rings. The van der Waals surface area contributed by atoms with Gasteiger partial charge in [-0.2, -0.15) is 5.10 Å². The van der Waals surface area contributed by atoms with Crippen LogP contribution in [0.1, 0.15) is 12.5 Å². The summed E-state index contributed by atoms with van der Waals surface area (Å²) in [4.78, 5) is 16.8. The fraction of sp³-hybridized carbons (Fsp3) is 0.227. The maximum Gasteiger partial charge on any atom is 0.262 e. The number of carbonyl (C=O) groups is 1. The molecule has 0 spiro atoms. The minimum atomic E-state index is -0.167. The number of anilines is 1. The molecule has 0 saturated heterocycles. The van der Waals surface area contributed by atoms with Crippen molar-refractivity contribution >= 4 is 28.6 Å². The van der Waals surface area contributed by atoms with E-state index in [0.717, 1.165) is 38.8 Å². The summed E-state index contributed by atoms with van der Waals surface area (Å²) in [5.41, 5.74) is 4.15. The summed E-state index contributed by atoms with van der Waals surface area (Å²) in [5.74, 6) is 1.95. The third-order valence-corrected chi connectivity index (χ3v) is 5.90. The summed E-state index contributed by atoms with van der Waals surface area (Å²) in [6, 6.07) is 11.5. The van der Waals surface area contributed by atoms with Crippen molar-refractivity contribution in [1.82, 2.24) is 4.68 Å². The zero-order chi connectivity index (χ0) is 21.4. The normalized spacial score (nSPS) is 15.9. The first-order valence-corrected chi connectivity index (χ1v) is 10.7. The lowest BCUT2D eigenvalue weighted by Gasteiger charge is -2.19. The van der Waals surface area contributed by atoms with E-state index in [9.17, 15) is 4.79 Å². The molecule has 0 aliphatic carbocycles. The molecule has 1 N–H and O–H groups in total. The molecule has 1 amide bonds. The summed E-state index contributed by atoms with van der Waals surface area (Å²) in [6.45, 7) is 3.07. The molecule has 2 aliphatic heterocycles. The van der Waals surface area contributed by atoms with Gasteiger partial charge in [-0.05, 0) is 43.3 Å².